The van der Waals surface area contributed by atoms with Crippen LogP contribution in [-0.2, 0) is 16.0 Å². The third kappa shape index (κ3) is 6.63. The van der Waals surface area contributed by atoms with Gasteiger partial charge in [-0.1, -0.05) is 19.1 Å². The Morgan fingerprint density at radius 2 is 1.90 bits per heavy atom. The second-order valence-corrected chi connectivity index (χ2v) is 5.23. The van der Waals surface area contributed by atoms with Crippen LogP contribution in [0.2, 0.25) is 0 Å². The van der Waals surface area contributed by atoms with E-state index in [2.05, 4.69) is 19.2 Å². The number of hydrogen-bond acceptors (Lipinski definition) is 4. The number of esters is 1. The molecule has 0 spiro atoms. The fourth-order valence-electron chi connectivity index (χ4n) is 2.17. The van der Waals surface area contributed by atoms with E-state index in [1.165, 1.54) is 12.7 Å². The third-order valence-electron chi connectivity index (χ3n) is 3.49. The van der Waals surface area contributed by atoms with Gasteiger partial charge in [-0.3, -0.25) is 4.79 Å². The van der Waals surface area contributed by atoms with E-state index in [0.717, 1.165) is 18.6 Å². The van der Waals surface area contributed by atoms with Crippen LogP contribution in [0, 0.1) is 0 Å². The number of carbonyl (C=O) groups excluding carboxylic acids is 1. The predicted octanol–water partition coefficient (Wildman–Crippen LogP) is 2.95. The zero-order valence-electron chi connectivity index (χ0n) is 13.5. The van der Waals surface area contributed by atoms with E-state index in [1.807, 2.05) is 31.2 Å². The molecule has 0 bridgehead atoms. The minimum Gasteiger partial charge on any atom is -0.494 e. The summed E-state index contributed by atoms with van der Waals surface area (Å²) in [5.74, 6) is 0.697. The van der Waals surface area contributed by atoms with Crippen LogP contribution in [0.1, 0.15) is 39.2 Å². The molecule has 0 aliphatic rings. The van der Waals surface area contributed by atoms with Crippen LogP contribution in [0.3, 0.4) is 0 Å². The molecule has 0 fully saturated rings. The summed E-state index contributed by atoms with van der Waals surface area (Å²) >= 11 is 0. The van der Waals surface area contributed by atoms with Crippen molar-refractivity contribution in [3.8, 4) is 5.75 Å². The average molecular weight is 293 g/mol. The van der Waals surface area contributed by atoms with Crippen molar-refractivity contribution < 1.29 is 14.3 Å². The van der Waals surface area contributed by atoms with Crippen molar-refractivity contribution in [3.05, 3.63) is 29.8 Å². The van der Waals surface area contributed by atoms with Crippen LogP contribution < -0.4 is 10.1 Å². The van der Waals surface area contributed by atoms with Crippen LogP contribution in [0.15, 0.2) is 24.3 Å². The molecule has 0 saturated carbocycles. The van der Waals surface area contributed by atoms with Crippen molar-refractivity contribution in [2.75, 3.05) is 13.7 Å². The number of nitrogens with one attached hydrogen (secondary N) is 1. The normalized spacial score (nSPS) is 13.5. The lowest BCUT2D eigenvalue weighted by Crippen LogP contribution is -2.39. The zero-order valence-corrected chi connectivity index (χ0v) is 13.5. The quantitative estimate of drug-likeness (QED) is 0.711. The fraction of sp³-hybridized carbons (Fsp3) is 0.588. The highest BCUT2D eigenvalue weighted by molar-refractivity contribution is 5.70. The topological polar surface area (TPSA) is 47.6 Å². The molecule has 4 nitrogen and oxygen atoms in total. The number of hydrogen-bond donors (Lipinski definition) is 1. The number of ether oxygens (including phenoxy) is 2. The Labute approximate surface area is 127 Å². The van der Waals surface area contributed by atoms with Gasteiger partial charge in [0, 0.05) is 12.1 Å². The molecule has 0 heterocycles. The van der Waals surface area contributed by atoms with Crippen LogP contribution in [0.4, 0.5) is 0 Å². The van der Waals surface area contributed by atoms with E-state index in [1.54, 1.807) is 0 Å². The molecule has 1 aromatic carbocycles. The summed E-state index contributed by atoms with van der Waals surface area (Å²) in [6.45, 7) is 6.89. The molecule has 0 amide bonds. The molecule has 2 unspecified atom stereocenters. The monoisotopic (exact) mass is 293 g/mol. The molecule has 0 saturated heterocycles. The Bertz CT molecular complexity index is 417. The molecule has 118 valence electrons. The van der Waals surface area contributed by atoms with Gasteiger partial charge in [0.1, 0.15) is 5.75 Å². The number of methoxy groups -OCH3 is 1. The van der Waals surface area contributed by atoms with E-state index < -0.39 is 0 Å². The maximum absolute atomic E-state index is 11.5. The third-order valence-corrected chi connectivity index (χ3v) is 3.49. The van der Waals surface area contributed by atoms with E-state index in [0.29, 0.717) is 19.1 Å². The van der Waals surface area contributed by atoms with Crippen LogP contribution in [0.5, 0.6) is 5.75 Å². The molecule has 1 N–H and O–H groups in total. The van der Waals surface area contributed by atoms with E-state index >= 15 is 0 Å². The maximum Gasteiger partial charge on any atom is 0.307 e. The lowest BCUT2D eigenvalue weighted by atomic mass is 10.0. The van der Waals surface area contributed by atoms with Crippen molar-refractivity contribution in [1.29, 1.82) is 0 Å². The molecule has 21 heavy (non-hydrogen) atoms. The molecule has 0 radical (unpaired) electrons. The molecule has 1 aromatic rings. The standard InChI is InChI=1S/C17H27NO3/c1-5-13(3)18-15(12-17(19)20-4)11-14-7-9-16(10-8-14)21-6-2/h7-10,13,15,18H,5-6,11-12H2,1-4H3. The first-order chi connectivity index (χ1) is 10.1. The second-order valence-electron chi connectivity index (χ2n) is 5.23. The van der Waals surface area contributed by atoms with Gasteiger partial charge in [0.2, 0.25) is 0 Å². The number of rotatable bonds is 9. The summed E-state index contributed by atoms with van der Waals surface area (Å²) in [5.41, 5.74) is 1.18. The average Bonchev–Trinajstić information content (AvgIpc) is 2.49. The van der Waals surface area contributed by atoms with Gasteiger partial charge in [0.25, 0.3) is 0 Å². The largest absolute Gasteiger partial charge is 0.494 e. The zero-order chi connectivity index (χ0) is 15.7. The van der Waals surface area contributed by atoms with Crippen LogP contribution in [0.25, 0.3) is 0 Å². The first-order valence-electron chi connectivity index (χ1n) is 7.63. The van der Waals surface area contributed by atoms with Gasteiger partial charge in [0.15, 0.2) is 0 Å². The Balaban J connectivity index is 2.67. The molecule has 0 aromatic heterocycles. The van der Waals surface area contributed by atoms with Crippen molar-refractivity contribution in [2.24, 2.45) is 0 Å². The van der Waals surface area contributed by atoms with Gasteiger partial charge in [0.05, 0.1) is 20.1 Å². The maximum atomic E-state index is 11.5. The van der Waals surface area contributed by atoms with Gasteiger partial charge in [-0.2, -0.15) is 0 Å². The van der Waals surface area contributed by atoms with Gasteiger partial charge in [-0.25, -0.2) is 0 Å². The summed E-state index contributed by atoms with van der Waals surface area (Å²) in [6.07, 6.45) is 2.21. The van der Waals surface area contributed by atoms with Crippen molar-refractivity contribution >= 4 is 5.97 Å². The SMILES string of the molecule is CCOc1ccc(CC(CC(=O)OC)NC(C)CC)cc1. The highest BCUT2D eigenvalue weighted by Crippen LogP contribution is 2.15. The number of carbonyl (C=O) groups is 1. The highest BCUT2D eigenvalue weighted by Gasteiger charge is 2.16. The minimum absolute atomic E-state index is 0.0883. The summed E-state index contributed by atoms with van der Waals surface area (Å²) < 4.78 is 10.2. The number of benzene rings is 1. The summed E-state index contributed by atoms with van der Waals surface area (Å²) in [4.78, 5) is 11.5. The van der Waals surface area contributed by atoms with Crippen LogP contribution in [-0.4, -0.2) is 31.8 Å². The van der Waals surface area contributed by atoms with Crippen LogP contribution >= 0.6 is 0 Å². The molecule has 1 rings (SSSR count). The molecule has 4 heteroatoms. The molecule has 0 aliphatic heterocycles. The molecule has 2 atom stereocenters. The predicted molar refractivity (Wildman–Crippen MR) is 84.6 cm³/mol. The van der Waals surface area contributed by atoms with Crippen molar-refractivity contribution in [3.63, 3.8) is 0 Å². The minimum atomic E-state index is -0.179. The Morgan fingerprint density at radius 3 is 2.43 bits per heavy atom. The van der Waals surface area contributed by atoms with E-state index in [9.17, 15) is 4.79 Å². The smallest absolute Gasteiger partial charge is 0.307 e. The molecule has 0 aliphatic carbocycles. The first-order valence-corrected chi connectivity index (χ1v) is 7.63. The van der Waals surface area contributed by atoms with Gasteiger partial charge in [-0.15, -0.1) is 0 Å². The Hall–Kier alpha value is -1.55. The Morgan fingerprint density at radius 1 is 1.24 bits per heavy atom. The second kappa shape index (κ2) is 9.40. The summed E-state index contributed by atoms with van der Waals surface area (Å²) in [6, 6.07) is 8.50. The highest BCUT2D eigenvalue weighted by atomic mass is 16.5. The van der Waals surface area contributed by atoms with E-state index in [4.69, 9.17) is 9.47 Å². The lowest BCUT2D eigenvalue weighted by Gasteiger charge is -2.22. The van der Waals surface area contributed by atoms with Gasteiger partial charge in [-0.05, 0) is 44.4 Å². The summed E-state index contributed by atoms with van der Waals surface area (Å²) in [5, 5.41) is 3.49. The fourth-order valence-corrected chi connectivity index (χ4v) is 2.17. The van der Waals surface area contributed by atoms with Crippen molar-refractivity contribution in [1.82, 2.24) is 5.32 Å². The lowest BCUT2D eigenvalue weighted by molar-refractivity contribution is -0.141. The summed E-state index contributed by atoms with van der Waals surface area (Å²) in [7, 11) is 1.43. The molecular weight excluding hydrogens is 266 g/mol. The van der Waals surface area contributed by atoms with Crippen molar-refractivity contribution in [2.45, 2.75) is 52.1 Å². The molecular formula is C17H27NO3. The van der Waals surface area contributed by atoms with E-state index in [-0.39, 0.29) is 12.0 Å². The first kappa shape index (κ1) is 17.5. The Kier molecular flexibility index (Phi) is 7.83. The van der Waals surface area contributed by atoms with Gasteiger partial charge >= 0.3 is 5.97 Å². The van der Waals surface area contributed by atoms with Gasteiger partial charge < -0.3 is 14.8 Å².